The normalized spacial score (nSPS) is 10.5. The Morgan fingerprint density at radius 3 is 2.72 bits per heavy atom. The number of rotatable bonds is 5. The SMILES string of the molecule is Cn1cc(SCc2ccccc2CC(=O)O)cn1. The summed E-state index contributed by atoms with van der Waals surface area (Å²) in [5.74, 6) is -0.0383. The molecule has 0 aliphatic rings. The van der Waals surface area contributed by atoms with Crippen LogP contribution in [0.2, 0.25) is 0 Å². The molecule has 1 aromatic heterocycles. The molecule has 4 nitrogen and oxygen atoms in total. The minimum Gasteiger partial charge on any atom is -0.481 e. The minimum absolute atomic E-state index is 0.0732. The van der Waals surface area contributed by atoms with Crippen LogP contribution in [0.1, 0.15) is 11.1 Å². The van der Waals surface area contributed by atoms with Gasteiger partial charge in [-0.05, 0) is 11.1 Å². The second-order valence-electron chi connectivity index (χ2n) is 3.98. The number of aromatic nitrogens is 2. The summed E-state index contributed by atoms with van der Waals surface area (Å²) in [4.78, 5) is 11.9. The maximum atomic E-state index is 10.8. The Labute approximate surface area is 110 Å². The molecule has 0 bridgehead atoms. The lowest BCUT2D eigenvalue weighted by Crippen LogP contribution is -2.02. The molecule has 1 N–H and O–H groups in total. The van der Waals surface area contributed by atoms with E-state index in [2.05, 4.69) is 5.10 Å². The maximum absolute atomic E-state index is 10.8. The number of thioether (sulfide) groups is 1. The summed E-state index contributed by atoms with van der Waals surface area (Å²) in [5, 5.41) is 13.0. The smallest absolute Gasteiger partial charge is 0.307 e. The van der Waals surface area contributed by atoms with E-state index in [0.717, 1.165) is 21.8 Å². The molecule has 18 heavy (non-hydrogen) atoms. The minimum atomic E-state index is -0.797. The van der Waals surface area contributed by atoms with E-state index in [9.17, 15) is 4.79 Å². The van der Waals surface area contributed by atoms with Gasteiger partial charge in [-0.15, -0.1) is 11.8 Å². The molecular formula is C13H14N2O2S. The van der Waals surface area contributed by atoms with Gasteiger partial charge >= 0.3 is 5.97 Å². The Morgan fingerprint density at radius 1 is 1.39 bits per heavy atom. The van der Waals surface area contributed by atoms with Crippen LogP contribution in [0.5, 0.6) is 0 Å². The van der Waals surface area contributed by atoms with Crippen LogP contribution in [-0.4, -0.2) is 20.9 Å². The van der Waals surface area contributed by atoms with E-state index in [1.807, 2.05) is 43.7 Å². The zero-order valence-corrected chi connectivity index (χ0v) is 10.9. The van der Waals surface area contributed by atoms with Gasteiger partial charge in [0, 0.05) is 23.9 Å². The van der Waals surface area contributed by atoms with Crippen LogP contribution in [0, 0.1) is 0 Å². The van der Waals surface area contributed by atoms with Crippen molar-refractivity contribution < 1.29 is 9.90 Å². The molecule has 0 amide bonds. The van der Waals surface area contributed by atoms with Gasteiger partial charge in [0.15, 0.2) is 0 Å². The Bertz CT molecular complexity index is 551. The number of carbonyl (C=O) groups is 1. The molecule has 5 heteroatoms. The predicted octanol–water partition coefficient (Wildman–Crippen LogP) is 2.34. The molecule has 2 aromatic rings. The van der Waals surface area contributed by atoms with Crippen molar-refractivity contribution in [2.24, 2.45) is 7.05 Å². The first-order valence-corrected chi connectivity index (χ1v) is 6.54. The first-order valence-electron chi connectivity index (χ1n) is 5.55. The van der Waals surface area contributed by atoms with Crippen molar-refractivity contribution in [1.29, 1.82) is 0 Å². The largest absolute Gasteiger partial charge is 0.481 e. The monoisotopic (exact) mass is 262 g/mol. The first kappa shape index (κ1) is 12.7. The van der Waals surface area contributed by atoms with Gasteiger partial charge in [-0.3, -0.25) is 9.48 Å². The summed E-state index contributed by atoms with van der Waals surface area (Å²) in [6.07, 6.45) is 3.83. The summed E-state index contributed by atoms with van der Waals surface area (Å²) >= 11 is 1.66. The van der Waals surface area contributed by atoms with Gasteiger partial charge in [0.2, 0.25) is 0 Å². The summed E-state index contributed by atoms with van der Waals surface area (Å²) in [5.41, 5.74) is 1.94. The first-order chi connectivity index (χ1) is 8.65. The third kappa shape index (κ3) is 3.37. The lowest BCUT2D eigenvalue weighted by molar-refractivity contribution is -0.136. The van der Waals surface area contributed by atoms with Crippen molar-refractivity contribution in [2.75, 3.05) is 0 Å². The number of aryl methyl sites for hydroxylation is 1. The van der Waals surface area contributed by atoms with Crippen molar-refractivity contribution in [3.8, 4) is 0 Å². The van der Waals surface area contributed by atoms with E-state index >= 15 is 0 Å². The number of carboxylic acids is 1. The van der Waals surface area contributed by atoms with Crippen molar-refractivity contribution in [1.82, 2.24) is 9.78 Å². The van der Waals surface area contributed by atoms with Gasteiger partial charge in [0.05, 0.1) is 12.6 Å². The summed E-state index contributed by atoms with van der Waals surface area (Å²) in [7, 11) is 1.88. The van der Waals surface area contributed by atoms with Crippen molar-refractivity contribution in [2.45, 2.75) is 17.1 Å². The highest BCUT2D eigenvalue weighted by atomic mass is 32.2. The Kier molecular flexibility index (Phi) is 4.04. The number of hydrogen-bond donors (Lipinski definition) is 1. The Hall–Kier alpha value is -1.75. The molecule has 1 heterocycles. The van der Waals surface area contributed by atoms with Gasteiger partial charge in [-0.25, -0.2) is 0 Å². The quantitative estimate of drug-likeness (QED) is 0.840. The zero-order valence-electron chi connectivity index (χ0n) is 10.0. The molecule has 0 fully saturated rings. The Balaban J connectivity index is 2.06. The molecule has 0 atom stereocenters. The standard InChI is InChI=1S/C13H14N2O2S/c1-15-8-12(7-14-15)18-9-11-5-3-2-4-10(11)6-13(16)17/h2-5,7-8H,6,9H2,1H3,(H,16,17). The number of nitrogens with zero attached hydrogens (tertiary/aromatic N) is 2. The van der Waals surface area contributed by atoms with Gasteiger partial charge in [-0.2, -0.15) is 5.10 Å². The van der Waals surface area contributed by atoms with Crippen LogP contribution in [-0.2, 0) is 24.0 Å². The van der Waals surface area contributed by atoms with E-state index in [-0.39, 0.29) is 6.42 Å². The lowest BCUT2D eigenvalue weighted by Gasteiger charge is -2.06. The van der Waals surface area contributed by atoms with Crippen molar-refractivity contribution >= 4 is 17.7 Å². The number of hydrogen-bond acceptors (Lipinski definition) is 3. The molecule has 1 aromatic carbocycles. The lowest BCUT2D eigenvalue weighted by atomic mass is 10.1. The van der Waals surface area contributed by atoms with Gasteiger partial charge in [-0.1, -0.05) is 24.3 Å². The number of aliphatic carboxylic acids is 1. The molecule has 0 spiro atoms. The van der Waals surface area contributed by atoms with E-state index in [4.69, 9.17) is 5.11 Å². The fourth-order valence-corrected chi connectivity index (χ4v) is 2.62. The second kappa shape index (κ2) is 5.73. The van der Waals surface area contributed by atoms with Crippen LogP contribution in [0.15, 0.2) is 41.6 Å². The van der Waals surface area contributed by atoms with E-state index in [1.165, 1.54) is 0 Å². The number of carboxylic acid groups (broad SMARTS) is 1. The highest BCUT2D eigenvalue weighted by molar-refractivity contribution is 7.98. The third-order valence-corrected chi connectivity index (χ3v) is 3.54. The van der Waals surface area contributed by atoms with E-state index in [1.54, 1.807) is 16.4 Å². The van der Waals surface area contributed by atoms with Crippen molar-refractivity contribution in [3.63, 3.8) is 0 Å². The topological polar surface area (TPSA) is 55.1 Å². The van der Waals surface area contributed by atoms with Crippen LogP contribution >= 0.6 is 11.8 Å². The third-order valence-electron chi connectivity index (χ3n) is 2.54. The Morgan fingerprint density at radius 2 is 2.11 bits per heavy atom. The highest BCUT2D eigenvalue weighted by Gasteiger charge is 2.07. The van der Waals surface area contributed by atoms with Gasteiger partial charge in [0.1, 0.15) is 0 Å². The molecule has 0 radical (unpaired) electrons. The summed E-state index contributed by atoms with van der Waals surface area (Å²) in [6, 6.07) is 7.65. The van der Waals surface area contributed by atoms with E-state index in [0.29, 0.717) is 0 Å². The molecule has 0 unspecified atom stereocenters. The van der Waals surface area contributed by atoms with Crippen LogP contribution in [0.25, 0.3) is 0 Å². The fraction of sp³-hybridized carbons (Fsp3) is 0.231. The van der Waals surface area contributed by atoms with Gasteiger partial charge in [0.25, 0.3) is 0 Å². The van der Waals surface area contributed by atoms with Crippen LogP contribution in [0.3, 0.4) is 0 Å². The molecule has 2 rings (SSSR count). The molecule has 0 aliphatic heterocycles. The highest BCUT2D eigenvalue weighted by Crippen LogP contribution is 2.24. The molecular weight excluding hydrogens is 248 g/mol. The van der Waals surface area contributed by atoms with Crippen molar-refractivity contribution in [3.05, 3.63) is 47.8 Å². The average molecular weight is 262 g/mol. The molecule has 0 aliphatic carbocycles. The van der Waals surface area contributed by atoms with Crippen LogP contribution in [0.4, 0.5) is 0 Å². The molecule has 0 saturated carbocycles. The molecule has 0 saturated heterocycles. The maximum Gasteiger partial charge on any atom is 0.307 e. The second-order valence-corrected chi connectivity index (χ2v) is 5.03. The predicted molar refractivity (Wildman–Crippen MR) is 70.6 cm³/mol. The van der Waals surface area contributed by atoms with Crippen LogP contribution < -0.4 is 0 Å². The summed E-state index contributed by atoms with van der Waals surface area (Å²) < 4.78 is 1.76. The summed E-state index contributed by atoms with van der Waals surface area (Å²) in [6.45, 7) is 0. The fourth-order valence-electron chi connectivity index (χ4n) is 1.67. The van der Waals surface area contributed by atoms with E-state index < -0.39 is 5.97 Å². The van der Waals surface area contributed by atoms with Gasteiger partial charge < -0.3 is 5.11 Å². The zero-order chi connectivity index (χ0) is 13.0. The number of benzene rings is 1. The molecule has 94 valence electrons. The average Bonchev–Trinajstić information content (AvgIpc) is 2.73.